The van der Waals surface area contributed by atoms with Gasteiger partial charge in [-0.05, 0) is 201 Å². The van der Waals surface area contributed by atoms with Crippen LogP contribution < -0.4 is 0 Å². The molecular formula is C79H81N5. The number of hydrogen-bond donors (Lipinski definition) is 0. The minimum Gasteiger partial charge on any atom is -0.307 e. The molecule has 0 saturated carbocycles. The van der Waals surface area contributed by atoms with Crippen LogP contribution in [-0.4, -0.2) is 18.3 Å². The smallest absolute Gasteiger partial charge is 0.104 e. The van der Waals surface area contributed by atoms with E-state index in [0.717, 1.165) is 182 Å². The molecule has 0 N–H and O–H groups in total. The molecule has 84 heavy (non-hydrogen) atoms. The van der Waals surface area contributed by atoms with Gasteiger partial charge in [-0.3, -0.25) is 0 Å². The number of unbranched alkanes of at least 4 members (excludes halogenated alkanes) is 6. The fourth-order valence-corrected chi connectivity index (χ4v) is 14.0. The van der Waals surface area contributed by atoms with Crippen LogP contribution in [0, 0.1) is 11.3 Å². The zero-order valence-corrected chi connectivity index (χ0v) is 50.6. The van der Waals surface area contributed by atoms with Crippen LogP contribution >= 0.6 is 0 Å². The van der Waals surface area contributed by atoms with Crippen LogP contribution in [0.5, 0.6) is 0 Å². The molecule has 13 aromatic rings. The van der Waals surface area contributed by atoms with E-state index in [1.54, 1.807) is 0 Å². The Bertz CT molecular complexity index is 4520. The number of nitrogens with zero attached hydrogens (tertiary/aromatic N) is 5. The third kappa shape index (κ3) is 9.57. The van der Waals surface area contributed by atoms with Gasteiger partial charge in [0, 0.05) is 43.1 Å². The molecule has 0 atom stereocenters. The summed E-state index contributed by atoms with van der Waals surface area (Å²) in [5, 5.41) is 22.8. The van der Waals surface area contributed by atoms with Crippen LogP contribution in [-0.2, 0) is 38.5 Å². The molecule has 422 valence electrons. The van der Waals surface area contributed by atoms with E-state index < -0.39 is 0 Å². The van der Waals surface area contributed by atoms with Gasteiger partial charge in [0.05, 0.1) is 66.9 Å². The summed E-state index contributed by atoms with van der Waals surface area (Å²) in [7, 11) is 0. The Balaban J connectivity index is 1.26. The van der Waals surface area contributed by atoms with Crippen molar-refractivity contribution in [1.29, 1.82) is 5.26 Å². The second-order valence-corrected chi connectivity index (χ2v) is 24.2. The standard InChI is InChI=1S/C79H81N5/c1-7-13-23-53-33-39-70-61(45-53)59-29-19-21-31-68(59)81(70)76-51-77(82-71-40-34-55(25-15-9-3)47-63(71)64-48-56(26-16-10-4)35-41-72(64)82)79(84-74-43-37-57(27-17-11-5)49-65(74)66-50-58(28-18-12-6)38-44-75(66)84)67(52-80)78(76)83-69-32-22-20-30-60(69)62-46-54(24-14-8-2)36-42-73(62)83/h19-22,29-51H,7-18,23-28H2,1-6H3. The first-order valence-electron chi connectivity index (χ1n) is 32.2. The van der Waals surface area contributed by atoms with Crippen LogP contribution in [0.15, 0.2) is 164 Å². The molecule has 4 aromatic heterocycles. The minimum atomic E-state index is 0.628. The molecule has 0 amide bonds. The van der Waals surface area contributed by atoms with Crippen molar-refractivity contribution in [2.75, 3.05) is 0 Å². The molecule has 0 radical (unpaired) electrons. The average Bonchev–Trinajstić information content (AvgIpc) is 2.16. The van der Waals surface area contributed by atoms with E-state index in [4.69, 9.17) is 0 Å². The summed E-state index contributed by atoms with van der Waals surface area (Å²) in [6, 6.07) is 66.7. The van der Waals surface area contributed by atoms with Gasteiger partial charge in [-0.1, -0.05) is 153 Å². The van der Waals surface area contributed by atoms with Crippen LogP contribution in [0.25, 0.3) is 110 Å². The lowest BCUT2D eigenvalue weighted by Gasteiger charge is -2.25. The number of hydrogen-bond acceptors (Lipinski definition) is 1. The summed E-state index contributed by atoms with van der Waals surface area (Å²) in [6.45, 7) is 13.7. The lowest BCUT2D eigenvalue weighted by atomic mass is 10.0. The van der Waals surface area contributed by atoms with Crippen LogP contribution in [0.1, 0.15) is 158 Å². The molecule has 0 bridgehead atoms. The van der Waals surface area contributed by atoms with Crippen molar-refractivity contribution in [3.63, 3.8) is 0 Å². The van der Waals surface area contributed by atoms with E-state index in [2.05, 4.69) is 230 Å². The predicted molar refractivity (Wildman–Crippen MR) is 360 cm³/mol. The lowest BCUT2D eigenvalue weighted by Crippen LogP contribution is -2.14. The van der Waals surface area contributed by atoms with E-state index in [1.807, 2.05) is 0 Å². The Labute approximate surface area is 496 Å². The van der Waals surface area contributed by atoms with Gasteiger partial charge in [-0.25, -0.2) is 0 Å². The molecule has 0 unspecified atom stereocenters. The molecule has 0 spiro atoms. The summed E-state index contributed by atoms with van der Waals surface area (Å²) in [5.41, 5.74) is 21.4. The van der Waals surface area contributed by atoms with Crippen LogP contribution in [0.2, 0.25) is 0 Å². The van der Waals surface area contributed by atoms with Gasteiger partial charge in [0.1, 0.15) is 11.6 Å². The Morgan fingerprint density at radius 2 is 0.512 bits per heavy atom. The Morgan fingerprint density at radius 1 is 0.274 bits per heavy atom. The summed E-state index contributed by atoms with van der Waals surface area (Å²) in [5.74, 6) is 0. The molecule has 0 aliphatic carbocycles. The van der Waals surface area contributed by atoms with Gasteiger partial charge in [0.2, 0.25) is 0 Å². The first-order valence-corrected chi connectivity index (χ1v) is 32.2. The highest BCUT2D eigenvalue weighted by molar-refractivity contribution is 6.15. The number of nitriles is 1. The van der Waals surface area contributed by atoms with Crippen molar-refractivity contribution >= 4 is 87.2 Å². The fraction of sp³-hybridized carbons (Fsp3) is 0.304. The first kappa shape index (κ1) is 54.9. The summed E-state index contributed by atoms with van der Waals surface area (Å²) >= 11 is 0. The second kappa shape index (κ2) is 23.7. The monoisotopic (exact) mass is 1100 g/mol. The fourth-order valence-electron chi connectivity index (χ4n) is 14.0. The molecule has 9 aromatic carbocycles. The van der Waals surface area contributed by atoms with Gasteiger partial charge >= 0.3 is 0 Å². The number of fused-ring (bicyclic) bond motifs is 12. The van der Waals surface area contributed by atoms with Gasteiger partial charge < -0.3 is 18.3 Å². The van der Waals surface area contributed by atoms with Gasteiger partial charge in [0.25, 0.3) is 0 Å². The molecule has 0 aliphatic rings. The summed E-state index contributed by atoms with van der Waals surface area (Å²) < 4.78 is 10.0. The topological polar surface area (TPSA) is 43.5 Å². The lowest BCUT2D eigenvalue weighted by molar-refractivity contribution is 0.795. The van der Waals surface area contributed by atoms with Crippen molar-refractivity contribution in [2.45, 2.75) is 157 Å². The Morgan fingerprint density at radius 3 is 0.786 bits per heavy atom. The molecule has 0 saturated heterocycles. The molecule has 4 heterocycles. The zero-order valence-electron chi connectivity index (χ0n) is 50.6. The number of para-hydroxylation sites is 2. The number of benzene rings is 9. The molecule has 0 aliphatic heterocycles. The summed E-state index contributed by atoms with van der Waals surface area (Å²) in [4.78, 5) is 0. The molecule has 13 rings (SSSR count). The maximum absolute atomic E-state index is 13.0. The van der Waals surface area contributed by atoms with E-state index in [9.17, 15) is 5.26 Å². The number of aryl methyl sites for hydroxylation is 6. The first-order chi connectivity index (χ1) is 41.4. The Kier molecular flexibility index (Phi) is 15.5. The van der Waals surface area contributed by atoms with Crippen LogP contribution in [0.3, 0.4) is 0 Å². The molecule has 5 nitrogen and oxygen atoms in total. The Hall–Kier alpha value is -8.33. The largest absolute Gasteiger partial charge is 0.307 e. The maximum atomic E-state index is 13.0. The van der Waals surface area contributed by atoms with E-state index in [-0.39, 0.29) is 0 Å². The van der Waals surface area contributed by atoms with Gasteiger partial charge in [-0.2, -0.15) is 5.26 Å². The normalized spacial score (nSPS) is 12.1. The van der Waals surface area contributed by atoms with Crippen molar-refractivity contribution in [3.8, 4) is 28.8 Å². The number of aromatic nitrogens is 4. The average molecular weight is 1100 g/mol. The van der Waals surface area contributed by atoms with E-state index in [0.29, 0.717) is 5.56 Å². The second-order valence-electron chi connectivity index (χ2n) is 24.2. The minimum absolute atomic E-state index is 0.628. The quantitative estimate of drug-likeness (QED) is 0.0667. The van der Waals surface area contributed by atoms with E-state index in [1.165, 1.54) is 76.5 Å². The molecule has 5 heteroatoms. The molecule has 0 fully saturated rings. The SMILES string of the molecule is CCCCc1ccc2c(c1)c1ccccc1n2-c1cc(-n2c3ccc(CCCC)cc3c3cc(CCCC)ccc32)c(-n2c3ccc(CCCC)cc3c3cc(CCCC)ccc32)c(C#N)c1-n1c2ccccc2c2cc(CCCC)ccc21. The van der Waals surface area contributed by atoms with Crippen molar-refractivity contribution in [1.82, 2.24) is 18.3 Å². The van der Waals surface area contributed by atoms with Crippen molar-refractivity contribution < 1.29 is 0 Å². The van der Waals surface area contributed by atoms with Crippen molar-refractivity contribution in [3.05, 3.63) is 203 Å². The highest BCUT2D eigenvalue weighted by Crippen LogP contribution is 2.47. The van der Waals surface area contributed by atoms with Gasteiger partial charge in [-0.15, -0.1) is 0 Å². The maximum Gasteiger partial charge on any atom is 0.104 e. The highest BCUT2D eigenvalue weighted by Gasteiger charge is 2.31. The predicted octanol–water partition coefficient (Wildman–Crippen LogP) is 22.0. The third-order valence-electron chi connectivity index (χ3n) is 18.4. The van der Waals surface area contributed by atoms with E-state index >= 15 is 0 Å². The molecular weight excluding hydrogens is 1020 g/mol. The van der Waals surface area contributed by atoms with Gasteiger partial charge in [0.15, 0.2) is 0 Å². The third-order valence-corrected chi connectivity index (χ3v) is 18.4. The zero-order chi connectivity index (χ0) is 57.4. The van der Waals surface area contributed by atoms with Crippen molar-refractivity contribution in [2.24, 2.45) is 0 Å². The highest BCUT2D eigenvalue weighted by atomic mass is 15.1. The van der Waals surface area contributed by atoms with Crippen LogP contribution in [0.4, 0.5) is 0 Å². The summed E-state index contributed by atoms with van der Waals surface area (Å²) in [6.07, 6.45) is 19.8. The number of rotatable bonds is 22.